The molecule has 2 aliphatic rings. The van der Waals surface area contributed by atoms with Crippen molar-refractivity contribution in [2.45, 2.75) is 19.9 Å². The molecule has 5 rings (SSSR count). The van der Waals surface area contributed by atoms with Crippen LogP contribution in [0.25, 0.3) is 0 Å². The molecule has 7 nitrogen and oxygen atoms in total. The number of thiophene rings is 1. The quantitative estimate of drug-likeness (QED) is 0.578. The normalized spacial score (nSPS) is 16.0. The molecule has 1 saturated heterocycles. The van der Waals surface area contributed by atoms with E-state index in [-0.39, 0.29) is 5.91 Å². The maximum absolute atomic E-state index is 13.0. The van der Waals surface area contributed by atoms with Gasteiger partial charge in [-0.2, -0.15) is 4.98 Å². The van der Waals surface area contributed by atoms with E-state index in [1.807, 2.05) is 22.4 Å². The zero-order chi connectivity index (χ0) is 22.8. The summed E-state index contributed by atoms with van der Waals surface area (Å²) in [6.07, 6.45) is 0.760. The number of amides is 1. The number of benzene rings is 1. The first-order chi connectivity index (χ1) is 16.1. The maximum atomic E-state index is 13.0. The van der Waals surface area contributed by atoms with Crippen molar-refractivity contribution in [1.29, 1.82) is 0 Å². The minimum absolute atomic E-state index is 0.0989. The van der Waals surface area contributed by atoms with Crippen LogP contribution < -0.4 is 14.7 Å². The predicted molar refractivity (Wildman–Crippen MR) is 135 cm³/mol. The number of aromatic nitrogens is 2. The molecule has 172 valence electrons. The lowest BCUT2D eigenvalue weighted by molar-refractivity contribution is 0.0738. The van der Waals surface area contributed by atoms with E-state index in [2.05, 4.69) is 59.0 Å². The Bertz CT molecular complexity index is 1100. The number of para-hydroxylation sites is 1. The minimum atomic E-state index is 0.0989. The lowest BCUT2D eigenvalue weighted by atomic mass is 10.1. The van der Waals surface area contributed by atoms with Crippen molar-refractivity contribution in [3.8, 4) is 0 Å². The number of carbonyl (C=O) groups excluding carboxylic acids is 1. The number of carbonyl (C=O) groups is 1. The van der Waals surface area contributed by atoms with Gasteiger partial charge in [0.05, 0.1) is 17.1 Å². The molecule has 8 heteroatoms. The predicted octanol–water partition coefficient (Wildman–Crippen LogP) is 3.52. The Morgan fingerprint density at radius 3 is 2.45 bits per heavy atom. The summed E-state index contributed by atoms with van der Waals surface area (Å²) in [5, 5.41) is 1.95. The molecule has 2 aliphatic heterocycles. The van der Waals surface area contributed by atoms with Gasteiger partial charge >= 0.3 is 0 Å². The van der Waals surface area contributed by atoms with Gasteiger partial charge in [0, 0.05) is 64.0 Å². The molecule has 0 spiro atoms. The highest BCUT2D eigenvalue weighted by Crippen LogP contribution is 2.30. The van der Waals surface area contributed by atoms with E-state index in [0.717, 1.165) is 67.0 Å². The Kier molecular flexibility index (Phi) is 6.17. The molecule has 33 heavy (non-hydrogen) atoms. The molecule has 0 unspecified atom stereocenters. The first-order valence-electron chi connectivity index (χ1n) is 11.6. The van der Waals surface area contributed by atoms with Crippen LogP contribution in [0.5, 0.6) is 0 Å². The van der Waals surface area contributed by atoms with Crippen LogP contribution in [0.2, 0.25) is 0 Å². The molecule has 2 aromatic heterocycles. The van der Waals surface area contributed by atoms with Crippen molar-refractivity contribution in [3.05, 3.63) is 64.0 Å². The molecular weight excluding hydrogens is 432 g/mol. The molecule has 0 saturated carbocycles. The Labute approximate surface area is 199 Å². The molecule has 1 fully saturated rings. The van der Waals surface area contributed by atoms with E-state index in [0.29, 0.717) is 13.1 Å². The number of rotatable bonds is 5. The first kappa shape index (κ1) is 21.7. The number of nitrogens with zero attached hydrogens (tertiary/aromatic N) is 6. The molecule has 0 atom stereocenters. The van der Waals surface area contributed by atoms with Crippen LogP contribution in [-0.2, 0) is 13.0 Å². The van der Waals surface area contributed by atoms with E-state index in [1.165, 1.54) is 17.0 Å². The molecular formula is C25H30N6OS. The summed E-state index contributed by atoms with van der Waals surface area (Å²) in [5.74, 6) is 1.86. The maximum Gasteiger partial charge on any atom is 0.264 e. The van der Waals surface area contributed by atoms with Gasteiger partial charge in [-0.05, 0) is 30.5 Å². The van der Waals surface area contributed by atoms with Crippen LogP contribution in [0.1, 0.15) is 27.9 Å². The van der Waals surface area contributed by atoms with E-state index in [1.54, 1.807) is 0 Å². The first-order valence-corrected chi connectivity index (χ1v) is 12.5. The molecule has 0 N–H and O–H groups in total. The molecule has 4 heterocycles. The van der Waals surface area contributed by atoms with Crippen LogP contribution >= 0.6 is 11.3 Å². The van der Waals surface area contributed by atoms with Crippen molar-refractivity contribution in [2.24, 2.45) is 0 Å². The average Bonchev–Trinajstić information content (AvgIpc) is 3.42. The third kappa shape index (κ3) is 4.39. The summed E-state index contributed by atoms with van der Waals surface area (Å²) < 4.78 is 0. The highest BCUT2D eigenvalue weighted by atomic mass is 32.1. The number of piperazine rings is 1. The summed E-state index contributed by atoms with van der Waals surface area (Å²) in [7, 11) is 2.07. The molecule has 1 aromatic carbocycles. The molecule has 0 radical (unpaired) electrons. The fraction of sp³-hybridized carbons (Fsp3) is 0.400. The number of anilines is 3. The van der Waals surface area contributed by atoms with Gasteiger partial charge in [-0.25, -0.2) is 4.98 Å². The Balaban J connectivity index is 1.37. The van der Waals surface area contributed by atoms with Crippen molar-refractivity contribution in [1.82, 2.24) is 14.9 Å². The lowest BCUT2D eigenvalue weighted by Crippen LogP contribution is -2.47. The topological polar surface area (TPSA) is 55.8 Å². The Morgan fingerprint density at radius 1 is 1.00 bits per heavy atom. The average molecular weight is 463 g/mol. The van der Waals surface area contributed by atoms with Crippen LogP contribution in [0.4, 0.5) is 17.5 Å². The monoisotopic (exact) mass is 462 g/mol. The second-order valence-corrected chi connectivity index (χ2v) is 9.50. The van der Waals surface area contributed by atoms with Gasteiger partial charge < -0.3 is 19.6 Å². The number of hydrogen-bond acceptors (Lipinski definition) is 7. The summed E-state index contributed by atoms with van der Waals surface area (Å²) >= 11 is 1.50. The third-order valence-electron chi connectivity index (χ3n) is 6.57. The van der Waals surface area contributed by atoms with Crippen LogP contribution in [0.3, 0.4) is 0 Å². The van der Waals surface area contributed by atoms with Crippen LogP contribution in [-0.4, -0.2) is 67.1 Å². The van der Waals surface area contributed by atoms with Gasteiger partial charge in [-0.3, -0.25) is 4.79 Å². The summed E-state index contributed by atoms with van der Waals surface area (Å²) in [6.45, 7) is 7.93. The SMILES string of the molecule is CCN(C)c1nc(N2CCN(c3ccccc3)CC2)nc2c1CN(C(=O)c1cccs1)CC2. The lowest BCUT2D eigenvalue weighted by Gasteiger charge is -2.37. The Hall–Kier alpha value is -3.13. The van der Waals surface area contributed by atoms with Gasteiger partial charge in [0.15, 0.2) is 0 Å². The molecule has 1 amide bonds. The minimum Gasteiger partial charge on any atom is -0.368 e. The second kappa shape index (κ2) is 9.39. The molecule has 0 aliphatic carbocycles. The fourth-order valence-electron chi connectivity index (χ4n) is 4.52. The van der Waals surface area contributed by atoms with Gasteiger partial charge in [-0.1, -0.05) is 24.3 Å². The van der Waals surface area contributed by atoms with Crippen LogP contribution in [0, 0.1) is 0 Å². The zero-order valence-electron chi connectivity index (χ0n) is 19.3. The number of fused-ring (bicyclic) bond motifs is 1. The van der Waals surface area contributed by atoms with E-state index >= 15 is 0 Å². The van der Waals surface area contributed by atoms with Gasteiger partial charge in [-0.15, -0.1) is 11.3 Å². The van der Waals surface area contributed by atoms with Crippen molar-refractivity contribution in [3.63, 3.8) is 0 Å². The van der Waals surface area contributed by atoms with Gasteiger partial charge in [0.1, 0.15) is 5.82 Å². The zero-order valence-corrected chi connectivity index (χ0v) is 20.1. The van der Waals surface area contributed by atoms with Crippen molar-refractivity contribution in [2.75, 3.05) is 61.0 Å². The Morgan fingerprint density at radius 2 is 1.76 bits per heavy atom. The summed E-state index contributed by atoms with van der Waals surface area (Å²) in [4.78, 5) is 32.6. The molecule has 3 aromatic rings. The highest BCUT2D eigenvalue weighted by molar-refractivity contribution is 7.12. The van der Waals surface area contributed by atoms with E-state index in [4.69, 9.17) is 9.97 Å². The van der Waals surface area contributed by atoms with Gasteiger partial charge in [0.2, 0.25) is 5.95 Å². The van der Waals surface area contributed by atoms with Crippen molar-refractivity contribution < 1.29 is 4.79 Å². The van der Waals surface area contributed by atoms with Gasteiger partial charge in [0.25, 0.3) is 5.91 Å². The van der Waals surface area contributed by atoms with E-state index in [9.17, 15) is 4.79 Å². The van der Waals surface area contributed by atoms with Crippen LogP contribution in [0.15, 0.2) is 47.8 Å². The van der Waals surface area contributed by atoms with Crippen molar-refractivity contribution >= 4 is 34.7 Å². The summed E-state index contributed by atoms with van der Waals surface area (Å²) in [6, 6.07) is 14.4. The largest absolute Gasteiger partial charge is 0.368 e. The second-order valence-electron chi connectivity index (χ2n) is 8.55. The fourth-order valence-corrected chi connectivity index (χ4v) is 5.21. The highest BCUT2D eigenvalue weighted by Gasteiger charge is 2.29. The number of hydrogen-bond donors (Lipinski definition) is 0. The standard InChI is InChI=1S/C25H30N6OS/c1-3-28(2)23-20-18-31(24(32)22-10-7-17-33-22)12-11-21(20)26-25(27-23)30-15-13-29(14-16-30)19-8-5-4-6-9-19/h4-10,17H,3,11-16,18H2,1-2H3. The smallest absolute Gasteiger partial charge is 0.264 e. The third-order valence-corrected chi connectivity index (χ3v) is 7.42. The molecule has 0 bridgehead atoms. The summed E-state index contributed by atoms with van der Waals surface area (Å²) in [5.41, 5.74) is 3.43. The van der Waals surface area contributed by atoms with E-state index < -0.39 is 0 Å².